The van der Waals surface area contributed by atoms with Crippen LogP contribution in [0.15, 0.2) is 16.6 Å². The highest BCUT2D eigenvalue weighted by Gasteiger charge is 2.38. The molecule has 22 heavy (non-hydrogen) atoms. The minimum atomic E-state index is -1.87. The van der Waals surface area contributed by atoms with Crippen LogP contribution in [0.4, 0.5) is 4.39 Å². The maximum atomic E-state index is 14.1. The maximum absolute atomic E-state index is 14.1. The van der Waals surface area contributed by atoms with Crippen LogP contribution in [0.2, 0.25) is 18.1 Å². The van der Waals surface area contributed by atoms with Crippen molar-refractivity contribution in [2.45, 2.75) is 51.9 Å². The zero-order chi connectivity index (χ0) is 17.1. The van der Waals surface area contributed by atoms with Crippen molar-refractivity contribution in [2.75, 3.05) is 6.61 Å². The van der Waals surface area contributed by atoms with Crippen molar-refractivity contribution in [2.24, 2.45) is 0 Å². The van der Waals surface area contributed by atoms with Crippen molar-refractivity contribution >= 4 is 24.2 Å². The smallest absolute Gasteiger partial charge is 0.192 e. The van der Waals surface area contributed by atoms with E-state index in [-0.39, 0.29) is 33.5 Å². The molecular weight excluding hydrogens is 365 g/mol. The number of rotatable bonds is 5. The molecule has 0 spiro atoms. The molecule has 0 N–H and O–H groups in total. The number of benzene rings is 1. The summed E-state index contributed by atoms with van der Waals surface area (Å²) in [6.07, 6.45) is -0.130. The summed E-state index contributed by atoms with van der Waals surface area (Å²) < 4.78 is 25.9. The topological polar surface area (TPSA) is 42.2 Å². The van der Waals surface area contributed by atoms with Gasteiger partial charge in [-0.25, -0.2) is 4.39 Å². The minimum absolute atomic E-state index is 0.115. The standard InChI is InChI=1S/C16H23BrFNO2Si/c1-11(21-22(5,6)16(2,3)4)10-20-13-8-7-12(9-19)14(17)15(13)18/h7-8,11H,10H2,1-6H3/t11-/m0/s1. The van der Waals surface area contributed by atoms with E-state index < -0.39 is 14.1 Å². The van der Waals surface area contributed by atoms with Crippen molar-refractivity contribution in [3.8, 4) is 11.8 Å². The molecule has 6 heteroatoms. The fourth-order valence-electron chi connectivity index (χ4n) is 1.65. The Hall–Kier alpha value is -0.903. The Balaban J connectivity index is 2.72. The lowest BCUT2D eigenvalue weighted by Gasteiger charge is -2.38. The summed E-state index contributed by atoms with van der Waals surface area (Å²) in [6.45, 7) is 13.0. The van der Waals surface area contributed by atoms with Gasteiger partial charge in [-0.2, -0.15) is 5.26 Å². The van der Waals surface area contributed by atoms with Crippen LogP contribution in [-0.4, -0.2) is 21.0 Å². The predicted molar refractivity (Wildman–Crippen MR) is 92.1 cm³/mol. The van der Waals surface area contributed by atoms with Crippen LogP contribution < -0.4 is 4.74 Å². The van der Waals surface area contributed by atoms with Gasteiger partial charge in [0.2, 0.25) is 0 Å². The molecule has 1 rings (SSSR count). The van der Waals surface area contributed by atoms with Gasteiger partial charge in [-0.3, -0.25) is 0 Å². The summed E-state index contributed by atoms with van der Waals surface area (Å²) >= 11 is 3.07. The van der Waals surface area contributed by atoms with Crippen LogP contribution in [0.1, 0.15) is 33.3 Å². The first-order chi connectivity index (χ1) is 9.99. The number of ether oxygens (including phenoxy) is 1. The van der Waals surface area contributed by atoms with Crippen LogP contribution in [0.3, 0.4) is 0 Å². The molecule has 0 saturated carbocycles. The second-order valence-corrected chi connectivity index (χ2v) is 12.4. The van der Waals surface area contributed by atoms with Crippen molar-refractivity contribution in [1.29, 1.82) is 5.26 Å². The van der Waals surface area contributed by atoms with Crippen molar-refractivity contribution in [1.82, 2.24) is 0 Å². The van der Waals surface area contributed by atoms with E-state index in [1.165, 1.54) is 12.1 Å². The third-order valence-corrected chi connectivity index (χ3v) is 9.32. The summed E-state index contributed by atoms with van der Waals surface area (Å²) in [7, 11) is -1.87. The molecular formula is C16H23BrFNO2Si. The zero-order valence-electron chi connectivity index (χ0n) is 14.0. The number of nitriles is 1. The van der Waals surface area contributed by atoms with E-state index in [0.717, 1.165) is 0 Å². The van der Waals surface area contributed by atoms with Gasteiger partial charge >= 0.3 is 0 Å². The molecule has 3 nitrogen and oxygen atoms in total. The van der Waals surface area contributed by atoms with Crippen LogP contribution in [0.25, 0.3) is 0 Å². The Kier molecular flexibility index (Phi) is 6.19. The Morgan fingerprint density at radius 2 is 1.95 bits per heavy atom. The van der Waals surface area contributed by atoms with E-state index in [9.17, 15) is 4.39 Å². The highest BCUT2D eigenvalue weighted by molar-refractivity contribution is 9.10. The van der Waals surface area contributed by atoms with Gasteiger partial charge in [-0.1, -0.05) is 20.8 Å². The maximum Gasteiger partial charge on any atom is 0.192 e. The van der Waals surface area contributed by atoms with Crippen molar-refractivity contribution in [3.05, 3.63) is 28.0 Å². The first-order valence-electron chi connectivity index (χ1n) is 7.18. The normalized spacial score (nSPS) is 13.6. The second-order valence-electron chi connectivity index (χ2n) is 6.85. The molecule has 0 aromatic heterocycles. The molecule has 0 aliphatic rings. The fraction of sp³-hybridized carbons (Fsp3) is 0.562. The molecule has 1 aromatic rings. The molecule has 0 unspecified atom stereocenters. The molecule has 0 radical (unpaired) electrons. The number of hydrogen-bond acceptors (Lipinski definition) is 3. The van der Waals surface area contributed by atoms with E-state index in [1.54, 1.807) is 0 Å². The fourth-order valence-corrected chi connectivity index (χ4v) is 3.49. The zero-order valence-corrected chi connectivity index (χ0v) is 16.5. The number of hydrogen-bond donors (Lipinski definition) is 0. The van der Waals surface area contributed by atoms with Gasteiger partial charge in [-0.15, -0.1) is 0 Å². The lowest BCUT2D eigenvalue weighted by Crippen LogP contribution is -2.44. The Labute approximate surface area is 141 Å². The van der Waals surface area contributed by atoms with Crippen LogP contribution in [0.5, 0.6) is 5.75 Å². The molecule has 0 amide bonds. The van der Waals surface area contributed by atoms with E-state index in [4.69, 9.17) is 14.4 Å². The third-order valence-electron chi connectivity index (χ3n) is 3.94. The molecule has 1 aromatic carbocycles. The predicted octanol–water partition coefficient (Wildman–Crippen LogP) is 5.25. The van der Waals surface area contributed by atoms with Crippen molar-refractivity contribution < 1.29 is 13.6 Å². The summed E-state index contributed by atoms with van der Waals surface area (Å²) in [6, 6.07) is 4.91. The quantitative estimate of drug-likeness (QED) is 0.647. The molecule has 0 aliphatic heterocycles. The van der Waals surface area contributed by atoms with Gasteiger partial charge in [0, 0.05) is 0 Å². The Bertz CT molecular complexity index is 579. The number of halogens is 2. The van der Waals surface area contributed by atoms with E-state index in [0.29, 0.717) is 0 Å². The van der Waals surface area contributed by atoms with E-state index in [1.807, 2.05) is 13.0 Å². The molecule has 122 valence electrons. The van der Waals surface area contributed by atoms with Gasteiger partial charge in [0.25, 0.3) is 0 Å². The van der Waals surface area contributed by atoms with Crippen molar-refractivity contribution in [3.63, 3.8) is 0 Å². The Morgan fingerprint density at radius 3 is 2.45 bits per heavy atom. The van der Waals surface area contributed by atoms with Gasteiger partial charge in [0.15, 0.2) is 19.9 Å². The monoisotopic (exact) mass is 387 g/mol. The highest BCUT2D eigenvalue weighted by atomic mass is 79.9. The summed E-state index contributed by atoms with van der Waals surface area (Å²) in [5.41, 5.74) is 0.246. The minimum Gasteiger partial charge on any atom is -0.488 e. The summed E-state index contributed by atoms with van der Waals surface area (Å²) in [5.74, 6) is -0.435. The third kappa shape index (κ3) is 4.54. The molecule has 0 heterocycles. The van der Waals surface area contributed by atoms with Crippen LogP contribution >= 0.6 is 15.9 Å². The second kappa shape index (κ2) is 7.11. The van der Waals surface area contributed by atoms with Gasteiger partial charge in [0.1, 0.15) is 12.7 Å². The van der Waals surface area contributed by atoms with Gasteiger partial charge < -0.3 is 9.16 Å². The largest absolute Gasteiger partial charge is 0.488 e. The highest BCUT2D eigenvalue weighted by Crippen LogP contribution is 2.37. The van der Waals surface area contributed by atoms with Gasteiger partial charge in [0.05, 0.1) is 16.1 Å². The first kappa shape index (κ1) is 19.1. The van der Waals surface area contributed by atoms with Crippen LogP contribution in [-0.2, 0) is 4.43 Å². The lowest BCUT2D eigenvalue weighted by atomic mass is 10.2. The SMILES string of the molecule is C[C@@H](COc1ccc(C#N)c(Br)c1F)O[Si](C)(C)C(C)(C)C. The van der Waals surface area contributed by atoms with Crippen LogP contribution in [0, 0.1) is 17.1 Å². The molecule has 1 atom stereocenters. The summed E-state index contributed by atoms with van der Waals surface area (Å²) in [5, 5.41) is 8.97. The Morgan fingerprint density at radius 1 is 1.36 bits per heavy atom. The van der Waals surface area contributed by atoms with E-state index in [2.05, 4.69) is 49.8 Å². The average molecular weight is 388 g/mol. The molecule has 0 fully saturated rings. The molecule has 0 aliphatic carbocycles. The average Bonchev–Trinajstić information content (AvgIpc) is 2.38. The summed E-state index contributed by atoms with van der Waals surface area (Å²) in [4.78, 5) is 0. The number of nitrogens with zero attached hydrogens (tertiary/aromatic N) is 1. The molecule has 0 bridgehead atoms. The van der Waals surface area contributed by atoms with E-state index >= 15 is 0 Å². The van der Waals surface area contributed by atoms with Gasteiger partial charge in [-0.05, 0) is 53.1 Å². The molecule has 0 saturated heterocycles. The lowest BCUT2D eigenvalue weighted by molar-refractivity contribution is 0.126. The first-order valence-corrected chi connectivity index (χ1v) is 10.9.